The summed E-state index contributed by atoms with van der Waals surface area (Å²) in [6.07, 6.45) is 3.97. The molecular weight excluding hydrogens is 278 g/mol. The maximum atomic E-state index is 3.57. The van der Waals surface area contributed by atoms with Gasteiger partial charge in [0.2, 0.25) is 0 Å². The lowest BCUT2D eigenvalue weighted by molar-refractivity contribution is 0.323. The Morgan fingerprint density at radius 3 is 2.90 bits per heavy atom. The van der Waals surface area contributed by atoms with Crippen molar-refractivity contribution in [3.63, 3.8) is 0 Å². The van der Waals surface area contributed by atoms with Crippen molar-refractivity contribution in [2.24, 2.45) is 0 Å². The Kier molecular flexibility index (Phi) is 3.84. The topological polar surface area (TPSA) is 27.3 Å². The lowest BCUT2D eigenvalue weighted by Crippen LogP contribution is -2.52. The van der Waals surface area contributed by atoms with Crippen molar-refractivity contribution in [2.45, 2.75) is 31.3 Å². The molecule has 2 aliphatic rings. The van der Waals surface area contributed by atoms with Gasteiger partial charge in [-0.25, -0.2) is 0 Å². The summed E-state index contributed by atoms with van der Waals surface area (Å²) in [5, 5.41) is 9.93. The predicted octanol–water partition coefficient (Wildman–Crippen LogP) is 2.82. The fourth-order valence-corrected chi connectivity index (χ4v) is 4.57. The third-order valence-electron chi connectivity index (χ3n) is 4.82. The summed E-state index contributed by atoms with van der Waals surface area (Å²) in [5.41, 5.74) is 0. The van der Waals surface area contributed by atoms with E-state index in [0.29, 0.717) is 6.04 Å². The number of anilines is 1. The molecule has 0 amide bonds. The maximum Gasteiger partial charge on any atom is 0.0924 e. The van der Waals surface area contributed by atoms with E-state index in [1.807, 2.05) is 11.3 Å². The summed E-state index contributed by atoms with van der Waals surface area (Å²) in [5.74, 6) is 0. The van der Waals surface area contributed by atoms with Gasteiger partial charge in [0.25, 0.3) is 0 Å². The first-order valence-electron chi connectivity index (χ1n) is 8.09. The quantitative estimate of drug-likeness (QED) is 0.909. The van der Waals surface area contributed by atoms with Gasteiger partial charge in [-0.2, -0.15) is 0 Å². The van der Waals surface area contributed by atoms with E-state index in [0.717, 1.165) is 25.7 Å². The molecule has 0 radical (unpaired) electrons. The second-order valence-electron chi connectivity index (χ2n) is 6.19. The number of benzene rings is 1. The van der Waals surface area contributed by atoms with E-state index >= 15 is 0 Å². The molecule has 0 bridgehead atoms. The van der Waals surface area contributed by atoms with Gasteiger partial charge in [-0.05, 0) is 43.3 Å². The largest absolute Gasteiger partial charge is 0.358 e. The van der Waals surface area contributed by atoms with Gasteiger partial charge in [0.15, 0.2) is 0 Å². The highest BCUT2D eigenvalue weighted by Gasteiger charge is 2.26. The van der Waals surface area contributed by atoms with E-state index in [2.05, 4.69) is 45.9 Å². The van der Waals surface area contributed by atoms with Crippen LogP contribution in [0.2, 0.25) is 0 Å². The van der Waals surface area contributed by atoms with Gasteiger partial charge in [-0.1, -0.05) is 18.2 Å². The summed E-state index contributed by atoms with van der Waals surface area (Å²) >= 11 is 1.94. The third-order valence-corrected chi connectivity index (χ3v) is 5.97. The Hall–Kier alpha value is -1.10. The minimum Gasteiger partial charge on any atom is -0.358 e. The van der Waals surface area contributed by atoms with E-state index in [1.54, 1.807) is 0 Å². The molecule has 112 valence electrons. The predicted molar refractivity (Wildman–Crippen MR) is 91.5 cm³/mol. The first-order valence-corrected chi connectivity index (χ1v) is 8.91. The van der Waals surface area contributed by atoms with Crippen LogP contribution in [0.3, 0.4) is 0 Å². The number of fused-ring (bicyclic) bond motifs is 1. The molecule has 1 aromatic carbocycles. The van der Waals surface area contributed by atoms with Crippen LogP contribution in [0.4, 0.5) is 5.00 Å². The summed E-state index contributed by atoms with van der Waals surface area (Å²) < 4.78 is 1.41. The van der Waals surface area contributed by atoms with Crippen LogP contribution in [0, 0.1) is 0 Å². The van der Waals surface area contributed by atoms with Crippen molar-refractivity contribution in [1.82, 2.24) is 10.6 Å². The maximum absolute atomic E-state index is 3.57. The molecule has 21 heavy (non-hydrogen) atoms. The molecule has 3 heterocycles. The molecule has 1 aromatic heterocycles. The lowest BCUT2D eigenvalue weighted by atomic mass is 9.97. The third kappa shape index (κ3) is 2.80. The Bertz CT molecular complexity index is 572. The second kappa shape index (κ2) is 5.95. The monoisotopic (exact) mass is 301 g/mol. The Morgan fingerprint density at radius 1 is 1.19 bits per heavy atom. The summed E-state index contributed by atoms with van der Waals surface area (Å²) in [6.45, 7) is 4.58. The van der Waals surface area contributed by atoms with Gasteiger partial charge in [0.1, 0.15) is 0 Å². The highest BCUT2D eigenvalue weighted by atomic mass is 32.1. The van der Waals surface area contributed by atoms with Crippen molar-refractivity contribution in [2.75, 3.05) is 31.1 Å². The van der Waals surface area contributed by atoms with E-state index in [4.69, 9.17) is 0 Å². The smallest absolute Gasteiger partial charge is 0.0924 e. The van der Waals surface area contributed by atoms with Gasteiger partial charge in [-0.3, -0.25) is 0 Å². The van der Waals surface area contributed by atoms with Gasteiger partial charge in [-0.15, -0.1) is 11.3 Å². The Balaban J connectivity index is 1.51. The number of nitrogens with one attached hydrogen (secondary N) is 2. The zero-order valence-electron chi connectivity index (χ0n) is 12.3. The SMILES string of the molecule is c1ccc2sc(N3CCNCC3CC[C@H]3CCN3)cc2c1. The highest BCUT2D eigenvalue weighted by Crippen LogP contribution is 2.34. The van der Waals surface area contributed by atoms with Gasteiger partial charge in [0, 0.05) is 36.4 Å². The van der Waals surface area contributed by atoms with Crippen LogP contribution in [-0.4, -0.2) is 38.3 Å². The molecule has 2 aromatic rings. The van der Waals surface area contributed by atoms with Crippen LogP contribution in [0.5, 0.6) is 0 Å². The fraction of sp³-hybridized carbons (Fsp3) is 0.529. The van der Waals surface area contributed by atoms with Crippen LogP contribution in [0.25, 0.3) is 10.1 Å². The molecule has 2 atom stereocenters. The van der Waals surface area contributed by atoms with Gasteiger partial charge < -0.3 is 15.5 Å². The van der Waals surface area contributed by atoms with Crippen LogP contribution >= 0.6 is 11.3 Å². The van der Waals surface area contributed by atoms with E-state index in [-0.39, 0.29) is 0 Å². The molecule has 0 saturated carbocycles. The minimum atomic E-state index is 0.647. The normalized spacial score (nSPS) is 26.0. The molecule has 4 heteroatoms. The average molecular weight is 301 g/mol. The number of hydrogen-bond donors (Lipinski definition) is 2. The average Bonchev–Trinajstić information content (AvgIpc) is 2.90. The Morgan fingerprint density at radius 2 is 2.10 bits per heavy atom. The Labute approximate surface area is 130 Å². The van der Waals surface area contributed by atoms with E-state index in [9.17, 15) is 0 Å². The van der Waals surface area contributed by atoms with Crippen LogP contribution in [0.1, 0.15) is 19.3 Å². The number of piperazine rings is 1. The number of rotatable bonds is 4. The summed E-state index contributed by atoms with van der Waals surface area (Å²) in [6, 6.07) is 12.5. The van der Waals surface area contributed by atoms with Crippen molar-refractivity contribution in [3.8, 4) is 0 Å². The first kappa shape index (κ1) is 13.6. The zero-order chi connectivity index (χ0) is 14.1. The van der Waals surface area contributed by atoms with E-state index < -0.39 is 0 Å². The molecule has 0 spiro atoms. The van der Waals surface area contributed by atoms with Gasteiger partial charge >= 0.3 is 0 Å². The number of thiophene rings is 1. The molecule has 2 aliphatic heterocycles. The minimum absolute atomic E-state index is 0.647. The molecular formula is C17H23N3S. The second-order valence-corrected chi connectivity index (χ2v) is 7.25. The fourth-order valence-electron chi connectivity index (χ4n) is 3.41. The zero-order valence-corrected chi connectivity index (χ0v) is 13.2. The number of hydrogen-bond acceptors (Lipinski definition) is 4. The van der Waals surface area contributed by atoms with Crippen molar-refractivity contribution in [1.29, 1.82) is 0 Å². The van der Waals surface area contributed by atoms with Crippen LogP contribution in [-0.2, 0) is 0 Å². The van der Waals surface area contributed by atoms with Crippen LogP contribution in [0.15, 0.2) is 30.3 Å². The van der Waals surface area contributed by atoms with Crippen LogP contribution < -0.4 is 15.5 Å². The standard InChI is InChI=1S/C17H23N3S/c1-2-4-16-13(3-1)11-17(21-16)20-10-9-18-12-15(20)6-5-14-7-8-19-14/h1-4,11,14-15,18-19H,5-10,12H2/t14-,15?/m0/s1. The van der Waals surface area contributed by atoms with Crippen molar-refractivity contribution >= 4 is 26.4 Å². The molecule has 3 nitrogen and oxygen atoms in total. The molecule has 2 fully saturated rings. The molecule has 2 saturated heterocycles. The molecule has 0 aliphatic carbocycles. The van der Waals surface area contributed by atoms with E-state index in [1.165, 1.54) is 40.9 Å². The van der Waals surface area contributed by atoms with Gasteiger partial charge in [0.05, 0.1) is 5.00 Å². The van der Waals surface area contributed by atoms with Crippen molar-refractivity contribution < 1.29 is 0 Å². The van der Waals surface area contributed by atoms with Crippen molar-refractivity contribution in [3.05, 3.63) is 30.3 Å². The molecule has 1 unspecified atom stereocenters. The summed E-state index contributed by atoms with van der Waals surface area (Å²) in [4.78, 5) is 2.64. The highest BCUT2D eigenvalue weighted by molar-refractivity contribution is 7.22. The molecule has 4 rings (SSSR count). The number of nitrogens with zero attached hydrogens (tertiary/aromatic N) is 1. The first-order chi connectivity index (χ1) is 10.4. The lowest BCUT2D eigenvalue weighted by Gasteiger charge is -2.38. The summed E-state index contributed by atoms with van der Waals surface area (Å²) in [7, 11) is 0. The molecule has 2 N–H and O–H groups in total.